The second-order valence-electron chi connectivity index (χ2n) is 6.76. The van der Waals surface area contributed by atoms with Gasteiger partial charge < -0.3 is 15.4 Å². The molecule has 0 aliphatic heterocycles. The lowest BCUT2D eigenvalue weighted by molar-refractivity contribution is -0.140. The fraction of sp³-hybridized carbons (Fsp3) is 0.619. The van der Waals surface area contributed by atoms with E-state index in [-0.39, 0.29) is 5.97 Å². The molecule has 1 aromatic rings. The molecular weight excluding hydrogens is 340 g/mol. The van der Waals surface area contributed by atoms with Gasteiger partial charge >= 0.3 is 5.97 Å². The minimum absolute atomic E-state index is 0.155. The van der Waals surface area contributed by atoms with Gasteiger partial charge in [0.25, 0.3) is 0 Å². The van der Waals surface area contributed by atoms with E-state index < -0.39 is 0 Å². The number of guanidine groups is 1. The number of carbonyl (C=O) groups is 1. The number of rotatable bonds is 12. The first-order chi connectivity index (χ1) is 13.1. The van der Waals surface area contributed by atoms with E-state index in [1.807, 2.05) is 6.07 Å². The number of ether oxygens (including phenoxy) is 1. The van der Waals surface area contributed by atoms with Gasteiger partial charge in [-0.3, -0.25) is 14.7 Å². The third kappa shape index (κ3) is 10.6. The summed E-state index contributed by atoms with van der Waals surface area (Å²) in [7, 11) is 3.59. The minimum Gasteiger partial charge on any atom is -0.469 e. The van der Waals surface area contributed by atoms with E-state index >= 15 is 0 Å². The molecule has 0 heterocycles. The molecule has 1 unspecified atom stereocenters. The summed E-state index contributed by atoms with van der Waals surface area (Å²) in [5.41, 5.74) is 1.33. The number of esters is 1. The fourth-order valence-electron chi connectivity index (χ4n) is 2.66. The summed E-state index contributed by atoms with van der Waals surface area (Å²) in [4.78, 5) is 18.0. The molecule has 0 saturated carbocycles. The van der Waals surface area contributed by atoms with E-state index in [9.17, 15) is 4.79 Å². The van der Waals surface area contributed by atoms with Gasteiger partial charge in [-0.2, -0.15) is 0 Å². The van der Waals surface area contributed by atoms with Crippen LogP contribution in [0.25, 0.3) is 0 Å². The minimum atomic E-state index is -0.155. The molecule has 0 radical (unpaired) electrons. The predicted molar refractivity (Wildman–Crippen MR) is 112 cm³/mol. The summed E-state index contributed by atoms with van der Waals surface area (Å²) >= 11 is 0. The molecule has 0 bridgehead atoms. The maximum atomic E-state index is 11.1. The van der Waals surface area contributed by atoms with Crippen LogP contribution in [0.15, 0.2) is 35.3 Å². The first-order valence-corrected chi connectivity index (χ1v) is 9.90. The lowest BCUT2D eigenvalue weighted by Crippen LogP contribution is -2.40. The molecule has 0 amide bonds. The Balaban J connectivity index is 2.29. The van der Waals surface area contributed by atoms with Crippen LogP contribution in [0.4, 0.5) is 0 Å². The van der Waals surface area contributed by atoms with Crippen molar-refractivity contribution >= 4 is 11.9 Å². The summed E-state index contributed by atoms with van der Waals surface area (Å²) in [6.45, 7) is 7.67. The zero-order chi connectivity index (χ0) is 19.9. The van der Waals surface area contributed by atoms with Crippen LogP contribution in [0.5, 0.6) is 0 Å². The molecule has 0 spiro atoms. The Morgan fingerprint density at radius 2 is 1.96 bits per heavy atom. The lowest BCUT2D eigenvalue weighted by Gasteiger charge is -2.25. The van der Waals surface area contributed by atoms with Gasteiger partial charge in [-0.05, 0) is 45.7 Å². The van der Waals surface area contributed by atoms with Crippen LogP contribution < -0.4 is 10.6 Å². The summed E-state index contributed by atoms with van der Waals surface area (Å²) < 4.78 is 4.65. The average Bonchev–Trinajstić information content (AvgIpc) is 2.68. The molecule has 0 aliphatic carbocycles. The van der Waals surface area contributed by atoms with E-state index in [4.69, 9.17) is 0 Å². The number of hydrogen-bond donors (Lipinski definition) is 2. The Bertz CT molecular complexity index is 548. The van der Waals surface area contributed by atoms with Crippen LogP contribution in [0.1, 0.15) is 45.1 Å². The van der Waals surface area contributed by atoms with Crippen molar-refractivity contribution in [2.45, 2.75) is 52.1 Å². The molecule has 0 aromatic heterocycles. The highest BCUT2D eigenvalue weighted by Crippen LogP contribution is 2.07. The van der Waals surface area contributed by atoms with Crippen molar-refractivity contribution in [2.24, 2.45) is 4.99 Å². The maximum absolute atomic E-state index is 11.1. The van der Waals surface area contributed by atoms with Crippen LogP contribution in [0.2, 0.25) is 0 Å². The second kappa shape index (κ2) is 14.0. The number of hydrogen-bond acceptors (Lipinski definition) is 4. The number of aliphatic imine (C=N–C) groups is 1. The zero-order valence-electron chi connectivity index (χ0n) is 17.3. The van der Waals surface area contributed by atoms with Crippen molar-refractivity contribution in [3.05, 3.63) is 35.9 Å². The van der Waals surface area contributed by atoms with E-state index in [2.05, 4.69) is 70.4 Å². The zero-order valence-corrected chi connectivity index (χ0v) is 17.3. The van der Waals surface area contributed by atoms with Crippen molar-refractivity contribution in [1.29, 1.82) is 0 Å². The summed E-state index contributed by atoms with van der Waals surface area (Å²) in [6.07, 6.45) is 3.18. The van der Waals surface area contributed by atoms with Gasteiger partial charge in [0.05, 0.1) is 7.11 Å². The van der Waals surface area contributed by atoms with E-state index in [0.29, 0.717) is 19.0 Å². The lowest BCUT2D eigenvalue weighted by atomic mass is 10.1. The first-order valence-electron chi connectivity index (χ1n) is 9.90. The highest BCUT2D eigenvalue weighted by Gasteiger charge is 2.09. The average molecular weight is 377 g/mol. The van der Waals surface area contributed by atoms with Crippen molar-refractivity contribution in [3.63, 3.8) is 0 Å². The Labute approximate surface area is 164 Å². The third-order valence-corrected chi connectivity index (χ3v) is 4.51. The molecular formula is C21H36N4O2. The molecule has 6 nitrogen and oxygen atoms in total. The van der Waals surface area contributed by atoms with Crippen LogP contribution >= 0.6 is 0 Å². The van der Waals surface area contributed by atoms with Crippen molar-refractivity contribution < 1.29 is 9.53 Å². The number of carbonyl (C=O) groups excluding carboxylic acids is 1. The second-order valence-corrected chi connectivity index (χ2v) is 6.76. The van der Waals surface area contributed by atoms with Crippen molar-refractivity contribution in [2.75, 3.05) is 33.8 Å². The standard InChI is InChI=1S/C21H36N4O2/c1-5-22-21(23-15-10-9-13-20(26)27-4)24-16-14-18(2)25(3)17-19-11-7-6-8-12-19/h6-8,11-12,18H,5,9-10,13-17H2,1-4H3,(H2,22,23,24). The maximum Gasteiger partial charge on any atom is 0.305 e. The van der Waals surface area contributed by atoms with Crippen molar-refractivity contribution in [3.8, 4) is 0 Å². The Hall–Kier alpha value is -2.08. The van der Waals surface area contributed by atoms with Crippen LogP contribution in [-0.4, -0.2) is 56.7 Å². The van der Waals surface area contributed by atoms with Gasteiger partial charge in [0, 0.05) is 38.6 Å². The Kier molecular flexibility index (Phi) is 11.9. The van der Waals surface area contributed by atoms with E-state index in [1.165, 1.54) is 12.7 Å². The predicted octanol–water partition coefficient (Wildman–Crippen LogP) is 2.80. The van der Waals surface area contributed by atoms with Crippen LogP contribution in [0, 0.1) is 0 Å². The number of benzene rings is 1. The van der Waals surface area contributed by atoms with Gasteiger partial charge in [0.15, 0.2) is 5.96 Å². The molecule has 0 saturated heterocycles. The first kappa shape index (κ1) is 23.0. The summed E-state index contributed by atoms with van der Waals surface area (Å²) in [6, 6.07) is 11.0. The molecule has 1 atom stereocenters. The molecule has 0 aliphatic rings. The normalized spacial score (nSPS) is 12.7. The SMILES string of the molecule is CCNC(=NCCCCC(=O)OC)NCCC(C)N(C)Cc1ccccc1. The topological polar surface area (TPSA) is 66.0 Å². The van der Waals surface area contributed by atoms with Gasteiger partial charge in [-0.1, -0.05) is 30.3 Å². The molecule has 1 aromatic carbocycles. The van der Waals surface area contributed by atoms with Crippen LogP contribution in [-0.2, 0) is 16.1 Å². The molecule has 2 N–H and O–H groups in total. The quantitative estimate of drug-likeness (QED) is 0.254. The molecule has 0 fully saturated rings. The summed E-state index contributed by atoms with van der Waals surface area (Å²) in [5.74, 6) is 0.686. The number of methoxy groups -OCH3 is 1. The molecule has 1 rings (SSSR count). The van der Waals surface area contributed by atoms with Gasteiger partial charge in [-0.25, -0.2) is 0 Å². The van der Waals surface area contributed by atoms with Crippen molar-refractivity contribution in [1.82, 2.24) is 15.5 Å². The number of unbranched alkanes of at least 4 members (excludes halogenated alkanes) is 1. The highest BCUT2D eigenvalue weighted by atomic mass is 16.5. The third-order valence-electron chi connectivity index (χ3n) is 4.51. The van der Waals surface area contributed by atoms with Crippen LogP contribution in [0.3, 0.4) is 0 Å². The Morgan fingerprint density at radius 1 is 1.22 bits per heavy atom. The van der Waals surface area contributed by atoms with Gasteiger partial charge in [0.1, 0.15) is 0 Å². The fourth-order valence-corrected chi connectivity index (χ4v) is 2.66. The largest absolute Gasteiger partial charge is 0.469 e. The highest BCUT2D eigenvalue weighted by molar-refractivity contribution is 5.79. The van der Waals surface area contributed by atoms with E-state index in [1.54, 1.807) is 0 Å². The number of nitrogens with zero attached hydrogens (tertiary/aromatic N) is 2. The van der Waals surface area contributed by atoms with E-state index in [0.717, 1.165) is 44.9 Å². The van der Waals surface area contributed by atoms with Gasteiger partial charge in [-0.15, -0.1) is 0 Å². The summed E-state index contributed by atoms with van der Waals surface area (Å²) in [5, 5.41) is 6.67. The smallest absolute Gasteiger partial charge is 0.305 e. The van der Waals surface area contributed by atoms with Gasteiger partial charge in [0.2, 0.25) is 0 Å². The molecule has 152 valence electrons. The monoisotopic (exact) mass is 376 g/mol. The molecule has 27 heavy (non-hydrogen) atoms. The Morgan fingerprint density at radius 3 is 2.63 bits per heavy atom. The number of nitrogens with one attached hydrogen (secondary N) is 2. The molecule has 6 heteroatoms.